The fourth-order valence-electron chi connectivity index (χ4n) is 0.919. The lowest BCUT2D eigenvalue weighted by Gasteiger charge is -2.06. The average Bonchev–Trinajstić information content (AvgIpc) is 2.03. The molecule has 4 heteroatoms. The zero-order chi connectivity index (χ0) is 9.68. The molecular formula is C9H14FN3. The number of anilines is 1. The van der Waals surface area contributed by atoms with Gasteiger partial charge in [-0.15, -0.1) is 0 Å². The number of aromatic nitrogens is 2. The van der Waals surface area contributed by atoms with Gasteiger partial charge in [0.1, 0.15) is 12.1 Å². The molecule has 0 spiro atoms. The largest absolute Gasteiger partial charge is 0.370 e. The van der Waals surface area contributed by atoms with Gasteiger partial charge in [0.25, 0.3) is 0 Å². The van der Waals surface area contributed by atoms with Crippen molar-refractivity contribution in [3.8, 4) is 0 Å². The lowest BCUT2D eigenvalue weighted by molar-refractivity contribution is 0.578. The van der Waals surface area contributed by atoms with E-state index >= 15 is 0 Å². The average molecular weight is 183 g/mol. The molecular weight excluding hydrogens is 169 g/mol. The summed E-state index contributed by atoms with van der Waals surface area (Å²) in [6.45, 7) is 5.10. The zero-order valence-electron chi connectivity index (χ0n) is 7.92. The molecule has 0 aliphatic rings. The third-order valence-corrected chi connectivity index (χ3v) is 1.66. The number of hydrogen-bond donors (Lipinski definition) is 1. The summed E-state index contributed by atoms with van der Waals surface area (Å²) in [6, 6.07) is 1.29. The van der Waals surface area contributed by atoms with Crippen molar-refractivity contribution in [2.75, 3.05) is 11.9 Å². The monoisotopic (exact) mass is 183 g/mol. The molecule has 0 unspecified atom stereocenters. The SMILES string of the molecule is CC(C)CCNc1cc(F)ncn1. The van der Waals surface area contributed by atoms with E-state index in [1.807, 2.05) is 0 Å². The molecule has 13 heavy (non-hydrogen) atoms. The minimum atomic E-state index is -0.498. The molecule has 0 fully saturated rings. The molecule has 1 rings (SSSR count). The second-order valence-electron chi connectivity index (χ2n) is 3.34. The minimum absolute atomic E-state index is 0.498. The lowest BCUT2D eigenvalue weighted by atomic mass is 10.1. The predicted octanol–water partition coefficient (Wildman–Crippen LogP) is 2.07. The fraction of sp³-hybridized carbons (Fsp3) is 0.556. The Labute approximate surface area is 77.4 Å². The van der Waals surface area contributed by atoms with Gasteiger partial charge in [0.15, 0.2) is 0 Å². The Morgan fingerprint density at radius 1 is 1.46 bits per heavy atom. The van der Waals surface area contributed by atoms with Gasteiger partial charge < -0.3 is 5.32 Å². The summed E-state index contributed by atoms with van der Waals surface area (Å²) in [7, 11) is 0. The summed E-state index contributed by atoms with van der Waals surface area (Å²) in [6.07, 6.45) is 2.26. The first-order chi connectivity index (χ1) is 6.18. The highest BCUT2D eigenvalue weighted by molar-refractivity contribution is 5.31. The van der Waals surface area contributed by atoms with Gasteiger partial charge in [0.2, 0.25) is 5.95 Å². The third kappa shape index (κ3) is 3.83. The van der Waals surface area contributed by atoms with Gasteiger partial charge in [0, 0.05) is 12.6 Å². The van der Waals surface area contributed by atoms with Gasteiger partial charge in [-0.3, -0.25) is 0 Å². The molecule has 1 heterocycles. The van der Waals surface area contributed by atoms with Crippen molar-refractivity contribution in [1.29, 1.82) is 0 Å². The molecule has 0 aliphatic heterocycles. The van der Waals surface area contributed by atoms with E-state index in [9.17, 15) is 4.39 Å². The number of nitrogens with zero attached hydrogens (tertiary/aromatic N) is 2. The Morgan fingerprint density at radius 2 is 2.23 bits per heavy atom. The van der Waals surface area contributed by atoms with Crippen molar-refractivity contribution in [1.82, 2.24) is 9.97 Å². The van der Waals surface area contributed by atoms with Crippen molar-refractivity contribution in [3.05, 3.63) is 18.3 Å². The van der Waals surface area contributed by atoms with Gasteiger partial charge in [-0.2, -0.15) is 4.39 Å². The van der Waals surface area contributed by atoms with E-state index in [1.165, 1.54) is 12.4 Å². The van der Waals surface area contributed by atoms with Crippen LogP contribution in [0.1, 0.15) is 20.3 Å². The number of halogens is 1. The highest BCUT2D eigenvalue weighted by atomic mass is 19.1. The Morgan fingerprint density at radius 3 is 2.85 bits per heavy atom. The Bertz CT molecular complexity index is 263. The molecule has 72 valence electrons. The number of nitrogens with one attached hydrogen (secondary N) is 1. The normalized spacial score (nSPS) is 10.5. The molecule has 3 nitrogen and oxygen atoms in total. The molecule has 0 saturated heterocycles. The van der Waals surface area contributed by atoms with Gasteiger partial charge >= 0.3 is 0 Å². The van der Waals surface area contributed by atoms with Gasteiger partial charge in [-0.1, -0.05) is 13.8 Å². The van der Waals surface area contributed by atoms with Crippen LogP contribution in [0.2, 0.25) is 0 Å². The molecule has 0 atom stereocenters. The smallest absolute Gasteiger partial charge is 0.217 e. The van der Waals surface area contributed by atoms with Crippen molar-refractivity contribution in [3.63, 3.8) is 0 Å². The molecule has 0 aliphatic carbocycles. The zero-order valence-corrected chi connectivity index (χ0v) is 7.92. The fourth-order valence-corrected chi connectivity index (χ4v) is 0.919. The quantitative estimate of drug-likeness (QED) is 0.726. The molecule has 0 saturated carbocycles. The first-order valence-corrected chi connectivity index (χ1v) is 4.40. The standard InChI is InChI=1S/C9H14FN3/c1-7(2)3-4-11-9-5-8(10)12-6-13-9/h5-7H,3-4H2,1-2H3,(H,11,12,13). The summed E-state index contributed by atoms with van der Waals surface area (Å²) in [5.74, 6) is 0.689. The van der Waals surface area contributed by atoms with Crippen LogP contribution in [0.4, 0.5) is 10.2 Å². The summed E-state index contributed by atoms with van der Waals surface area (Å²) < 4.78 is 12.6. The van der Waals surface area contributed by atoms with Gasteiger partial charge in [0.05, 0.1) is 0 Å². The van der Waals surface area contributed by atoms with Crippen LogP contribution < -0.4 is 5.32 Å². The van der Waals surface area contributed by atoms with E-state index in [0.29, 0.717) is 11.7 Å². The maximum atomic E-state index is 12.6. The van der Waals surface area contributed by atoms with E-state index in [-0.39, 0.29) is 0 Å². The molecule has 0 radical (unpaired) electrons. The predicted molar refractivity (Wildman–Crippen MR) is 49.9 cm³/mol. The van der Waals surface area contributed by atoms with E-state index in [0.717, 1.165) is 13.0 Å². The third-order valence-electron chi connectivity index (χ3n) is 1.66. The van der Waals surface area contributed by atoms with Crippen LogP contribution in [0, 0.1) is 11.9 Å². The Hall–Kier alpha value is -1.19. The lowest BCUT2D eigenvalue weighted by Crippen LogP contribution is -2.06. The van der Waals surface area contributed by atoms with Crippen molar-refractivity contribution < 1.29 is 4.39 Å². The van der Waals surface area contributed by atoms with Crippen LogP contribution in [0.15, 0.2) is 12.4 Å². The summed E-state index contributed by atoms with van der Waals surface area (Å²) >= 11 is 0. The highest BCUT2D eigenvalue weighted by Crippen LogP contribution is 2.04. The van der Waals surface area contributed by atoms with Crippen LogP contribution >= 0.6 is 0 Å². The summed E-state index contributed by atoms with van der Waals surface area (Å²) in [5, 5.41) is 3.03. The van der Waals surface area contributed by atoms with Crippen LogP contribution in [-0.4, -0.2) is 16.5 Å². The molecule has 1 aromatic heterocycles. The van der Waals surface area contributed by atoms with E-state index in [4.69, 9.17) is 0 Å². The number of hydrogen-bond acceptors (Lipinski definition) is 3. The maximum absolute atomic E-state index is 12.6. The van der Waals surface area contributed by atoms with Crippen LogP contribution in [0.3, 0.4) is 0 Å². The molecule has 0 aromatic carbocycles. The first kappa shape index (κ1) is 9.89. The van der Waals surface area contributed by atoms with Crippen molar-refractivity contribution >= 4 is 5.82 Å². The molecule has 0 amide bonds. The van der Waals surface area contributed by atoms with Crippen LogP contribution in [-0.2, 0) is 0 Å². The first-order valence-electron chi connectivity index (χ1n) is 4.40. The maximum Gasteiger partial charge on any atom is 0.217 e. The van der Waals surface area contributed by atoms with Crippen molar-refractivity contribution in [2.24, 2.45) is 5.92 Å². The van der Waals surface area contributed by atoms with Crippen LogP contribution in [0.5, 0.6) is 0 Å². The van der Waals surface area contributed by atoms with E-state index in [1.54, 1.807) is 0 Å². The second-order valence-corrected chi connectivity index (χ2v) is 3.34. The van der Waals surface area contributed by atoms with Gasteiger partial charge in [-0.25, -0.2) is 9.97 Å². The highest BCUT2D eigenvalue weighted by Gasteiger charge is 1.97. The van der Waals surface area contributed by atoms with Gasteiger partial charge in [-0.05, 0) is 12.3 Å². The van der Waals surface area contributed by atoms with Crippen LogP contribution in [0.25, 0.3) is 0 Å². The Kier molecular flexibility index (Phi) is 3.61. The topological polar surface area (TPSA) is 37.8 Å². The van der Waals surface area contributed by atoms with Crippen molar-refractivity contribution in [2.45, 2.75) is 20.3 Å². The molecule has 1 N–H and O–H groups in total. The molecule has 0 bridgehead atoms. The second kappa shape index (κ2) is 4.74. The number of rotatable bonds is 4. The van der Waals surface area contributed by atoms with E-state index < -0.39 is 5.95 Å². The summed E-state index contributed by atoms with van der Waals surface area (Å²) in [5.41, 5.74) is 0. The minimum Gasteiger partial charge on any atom is -0.370 e. The summed E-state index contributed by atoms with van der Waals surface area (Å²) in [4.78, 5) is 7.24. The van der Waals surface area contributed by atoms with E-state index in [2.05, 4.69) is 29.1 Å². The Balaban J connectivity index is 2.37. The molecule has 1 aromatic rings.